The predicted octanol–water partition coefficient (Wildman–Crippen LogP) is 6.25. The number of esters is 2. The lowest BCUT2D eigenvalue weighted by molar-refractivity contribution is -0.155. The number of aliphatic hydroxyl groups excluding tert-OH is 1. The molecule has 3 aromatic carbocycles. The van der Waals surface area contributed by atoms with E-state index in [1.807, 2.05) is 97.5 Å². The molecule has 296 valence electrons. The Morgan fingerprint density at radius 1 is 0.982 bits per heavy atom. The van der Waals surface area contributed by atoms with E-state index in [9.17, 15) is 19.5 Å². The summed E-state index contributed by atoms with van der Waals surface area (Å²) >= 11 is 6.11. The van der Waals surface area contributed by atoms with E-state index in [4.69, 9.17) is 21.1 Å². The molecule has 0 radical (unpaired) electrons. The van der Waals surface area contributed by atoms with Crippen molar-refractivity contribution >= 4 is 40.8 Å². The van der Waals surface area contributed by atoms with Crippen LogP contribution in [0.3, 0.4) is 0 Å². The molecular formula is C44H52ClN5O6. The van der Waals surface area contributed by atoms with Crippen LogP contribution in [0.25, 0.3) is 0 Å². The summed E-state index contributed by atoms with van der Waals surface area (Å²) in [5.74, 6) is -0.539. The molecule has 3 saturated heterocycles. The second-order valence-electron chi connectivity index (χ2n) is 15.0. The fourth-order valence-corrected chi connectivity index (χ4v) is 8.34. The molecule has 56 heavy (non-hydrogen) atoms. The maximum absolute atomic E-state index is 12.4. The number of anilines is 1. The van der Waals surface area contributed by atoms with Crippen LogP contribution in [0.5, 0.6) is 0 Å². The van der Waals surface area contributed by atoms with Gasteiger partial charge in [-0.15, -0.1) is 0 Å². The third-order valence-corrected chi connectivity index (χ3v) is 11.7. The molecule has 0 saturated carbocycles. The molecule has 8 rings (SSSR count). The number of hydrogen-bond acceptors (Lipinski definition) is 9. The molecule has 11 nitrogen and oxygen atoms in total. The van der Waals surface area contributed by atoms with E-state index in [0.29, 0.717) is 29.6 Å². The number of cyclic esters (lactones) is 1. The molecule has 4 aliphatic rings. The Labute approximate surface area is 334 Å². The number of rotatable bonds is 8. The molecule has 1 amide bonds. The average Bonchev–Trinajstić information content (AvgIpc) is 3.81. The molecule has 2 bridgehead atoms. The van der Waals surface area contributed by atoms with Crippen molar-refractivity contribution in [1.82, 2.24) is 14.5 Å². The summed E-state index contributed by atoms with van der Waals surface area (Å²) < 4.78 is 12.8. The van der Waals surface area contributed by atoms with Gasteiger partial charge in [0, 0.05) is 60.1 Å². The molecule has 1 aromatic heterocycles. The lowest BCUT2D eigenvalue weighted by atomic mass is 9.89. The molecule has 1 unspecified atom stereocenters. The van der Waals surface area contributed by atoms with E-state index >= 15 is 0 Å². The van der Waals surface area contributed by atoms with Gasteiger partial charge in [0.05, 0.1) is 36.9 Å². The number of benzodiazepines with no additional fused rings is 1. The Morgan fingerprint density at radius 3 is 2.29 bits per heavy atom. The highest BCUT2D eigenvalue weighted by Gasteiger charge is 2.40. The molecule has 0 spiro atoms. The van der Waals surface area contributed by atoms with Crippen molar-refractivity contribution in [2.24, 2.45) is 23.9 Å². The second kappa shape index (κ2) is 18.9. The van der Waals surface area contributed by atoms with Crippen molar-refractivity contribution in [3.63, 3.8) is 0 Å². The van der Waals surface area contributed by atoms with E-state index in [1.54, 1.807) is 24.3 Å². The lowest BCUT2D eigenvalue weighted by Gasteiger charge is -2.36. The number of likely N-dealkylation sites (N-methyl/N-ethyl adjacent to an activating group) is 1. The standard InChI is InChI=1S/C17H23NO3.C16H13ClN2O.C11H16N2O2/c1-18-13-7-8-14(18)10-15(9-13)21-17(20)16(11-19)12-5-3-2-4-6-12;1-19-14-8-7-12(17)9-13(14)16(18-10-15(19)20)11-5-3-2-4-6-11;1-3-10-8(6-15-11(10)14)4-9-5-12-7-13(9)2/h2-6,13-16,19H,7-11H2,1H3;2-9H,10H2,1H3;5,7-8,10H,3-4,6H2,1-2H3/t13-,14+,15+,16?;;8-,10-/m..0/s1. The zero-order valence-corrected chi connectivity index (χ0v) is 33.3. The van der Waals surface area contributed by atoms with E-state index in [0.717, 1.165) is 59.5 Å². The zero-order chi connectivity index (χ0) is 39.8. The molecular weight excluding hydrogens is 730 g/mol. The Morgan fingerprint density at radius 2 is 1.66 bits per heavy atom. The molecule has 4 aliphatic heterocycles. The van der Waals surface area contributed by atoms with Gasteiger partial charge >= 0.3 is 11.9 Å². The number of aliphatic imine (C=N–C) groups is 1. The van der Waals surface area contributed by atoms with Crippen molar-refractivity contribution < 1.29 is 29.0 Å². The van der Waals surface area contributed by atoms with Crippen LogP contribution in [0.2, 0.25) is 5.02 Å². The van der Waals surface area contributed by atoms with Crippen LogP contribution >= 0.6 is 11.6 Å². The van der Waals surface area contributed by atoms with Gasteiger partial charge in [-0.05, 0) is 69.3 Å². The van der Waals surface area contributed by atoms with Gasteiger partial charge in [0.25, 0.3) is 0 Å². The minimum absolute atomic E-state index is 0.00367. The van der Waals surface area contributed by atoms with Crippen LogP contribution < -0.4 is 4.90 Å². The predicted molar refractivity (Wildman–Crippen MR) is 217 cm³/mol. The van der Waals surface area contributed by atoms with Gasteiger partial charge in [-0.1, -0.05) is 79.2 Å². The highest BCUT2D eigenvalue weighted by atomic mass is 35.5. The topological polar surface area (TPSA) is 127 Å². The molecule has 1 N–H and O–H groups in total. The quantitative estimate of drug-likeness (QED) is 0.208. The third kappa shape index (κ3) is 9.57. The number of aromatic nitrogens is 2. The number of nitrogens with zero attached hydrogens (tertiary/aromatic N) is 5. The van der Waals surface area contributed by atoms with E-state index in [-0.39, 0.29) is 43.0 Å². The normalized spacial score (nSPS) is 23.4. The number of fused-ring (bicyclic) bond motifs is 3. The van der Waals surface area contributed by atoms with Gasteiger partial charge in [0.2, 0.25) is 5.91 Å². The van der Waals surface area contributed by atoms with Crippen molar-refractivity contribution in [2.75, 3.05) is 38.8 Å². The molecule has 0 aliphatic carbocycles. The van der Waals surface area contributed by atoms with Gasteiger partial charge in [-0.25, -0.2) is 4.98 Å². The fourth-order valence-electron chi connectivity index (χ4n) is 8.17. The Balaban J connectivity index is 0.000000145. The number of ether oxygens (including phenoxy) is 2. The smallest absolute Gasteiger partial charge is 0.316 e. The number of hydrogen-bond donors (Lipinski definition) is 1. The molecule has 4 aromatic rings. The van der Waals surface area contributed by atoms with E-state index in [1.165, 1.54) is 12.8 Å². The summed E-state index contributed by atoms with van der Waals surface area (Å²) in [7, 11) is 5.90. The number of carbonyl (C=O) groups is 3. The Bertz CT molecular complexity index is 1970. The maximum atomic E-state index is 12.4. The minimum Gasteiger partial charge on any atom is -0.465 e. The highest BCUT2D eigenvalue weighted by Crippen LogP contribution is 2.36. The van der Waals surface area contributed by atoms with Crippen LogP contribution in [0.15, 0.2) is 96.4 Å². The number of amides is 1. The van der Waals surface area contributed by atoms with Crippen LogP contribution in [0.1, 0.15) is 67.3 Å². The maximum Gasteiger partial charge on any atom is 0.316 e. The summed E-state index contributed by atoms with van der Waals surface area (Å²) in [6, 6.07) is 25.8. The summed E-state index contributed by atoms with van der Waals surface area (Å²) in [5, 5.41) is 10.2. The zero-order valence-electron chi connectivity index (χ0n) is 32.6. The van der Waals surface area contributed by atoms with E-state index in [2.05, 4.69) is 21.9 Å². The van der Waals surface area contributed by atoms with Crippen molar-refractivity contribution in [1.29, 1.82) is 0 Å². The van der Waals surface area contributed by atoms with Crippen LogP contribution in [0, 0.1) is 11.8 Å². The summed E-state index contributed by atoms with van der Waals surface area (Å²) in [5.41, 5.74) is 5.49. The van der Waals surface area contributed by atoms with Crippen molar-refractivity contribution in [2.45, 2.75) is 69.6 Å². The van der Waals surface area contributed by atoms with Gasteiger partial charge in [-0.3, -0.25) is 19.4 Å². The first-order valence-corrected chi connectivity index (χ1v) is 19.8. The minimum atomic E-state index is -0.566. The van der Waals surface area contributed by atoms with Crippen LogP contribution in [-0.2, 0) is 37.3 Å². The van der Waals surface area contributed by atoms with Crippen molar-refractivity contribution in [3.05, 3.63) is 119 Å². The first-order chi connectivity index (χ1) is 27.1. The van der Waals surface area contributed by atoms with Gasteiger partial charge < -0.3 is 28.9 Å². The number of aliphatic hydroxyl groups is 1. The van der Waals surface area contributed by atoms with Gasteiger partial charge in [0.15, 0.2) is 0 Å². The number of piperidine rings is 1. The van der Waals surface area contributed by atoms with Gasteiger partial charge in [0.1, 0.15) is 18.6 Å². The lowest BCUT2D eigenvalue weighted by Crippen LogP contribution is -2.43. The molecule has 5 heterocycles. The SMILES string of the molecule is CC[C@@H]1C(=O)OC[C@@H]1Cc1cncn1C.CN1C(=O)CN=C(c2ccccc2)c2cc(Cl)ccc21.CN1[C@@H]2CC[C@H]1C[C@@H](OC(=O)C(CO)c1ccccc1)C2. The van der Waals surface area contributed by atoms with Gasteiger partial charge in [-0.2, -0.15) is 0 Å². The monoisotopic (exact) mass is 781 g/mol. The first-order valence-electron chi connectivity index (χ1n) is 19.4. The first kappa shape index (κ1) is 40.8. The molecule has 12 heteroatoms. The van der Waals surface area contributed by atoms with E-state index < -0.39 is 5.92 Å². The highest BCUT2D eigenvalue weighted by molar-refractivity contribution is 6.32. The number of benzene rings is 3. The molecule has 6 atom stereocenters. The number of carbonyl (C=O) groups excluding carboxylic acids is 3. The Kier molecular flexibility index (Phi) is 13.7. The number of aryl methyl sites for hydroxylation is 1. The third-order valence-electron chi connectivity index (χ3n) is 11.5. The average molecular weight is 782 g/mol. The summed E-state index contributed by atoms with van der Waals surface area (Å²) in [6.07, 6.45) is 9.64. The fraction of sp³-hybridized carbons (Fsp3) is 0.432. The van der Waals surface area contributed by atoms with Crippen LogP contribution in [0.4, 0.5) is 5.69 Å². The van der Waals surface area contributed by atoms with Crippen LogP contribution in [-0.4, -0.2) is 95.2 Å². The van der Waals surface area contributed by atoms with Crippen molar-refractivity contribution in [3.8, 4) is 0 Å². The number of halogens is 1. The number of imidazole rings is 1. The molecule has 3 fully saturated rings. The largest absolute Gasteiger partial charge is 0.465 e. The Hall–Kier alpha value is -4.84. The second-order valence-corrected chi connectivity index (χ2v) is 15.4. The summed E-state index contributed by atoms with van der Waals surface area (Å²) in [6.45, 7) is 2.53. The summed E-state index contributed by atoms with van der Waals surface area (Å²) in [4.78, 5) is 48.4.